The first-order chi connectivity index (χ1) is 10.7. The van der Waals surface area contributed by atoms with Crippen LogP contribution in [0.2, 0.25) is 0 Å². The Hall–Kier alpha value is -2.67. The number of aryl methyl sites for hydroxylation is 1. The van der Waals surface area contributed by atoms with Crippen molar-refractivity contribution in [3.63, 3.8) is 0 Å². The van der Waals surface area contributed by atoms with Crippen LogP contribution in [0.1, 0.15) is 16.2 Å². The third-order valence-corrected chi connectivity index (χ3v) is 3.57. The lowest BCUT2D eigenvalue weighted by Crippen LogP contribution is -2.11. The predicted octanol–water partition coefficient (Wildman–Crippen LogP) is 3.18. The highest BCUT2D eigenvalue weighted by molar-refractivity contribution is 7.99. The van der Waals surface area contributed by atoms with Gasteiger partial charge in [-0.15, -0.1) is 0 Å². The summed E-state index contributed by atoms with van der Waals surface area (Å²) in [6.07, 6.45) is 3.35. The van der Waals surface area contributed by atoms with Gasteiger partial charge < -0.3 is 9.84 Å². The van der Waals surface area contributed by atoms with Crippen molar-refractivity contribution >= 4 is 23.4 Å². The first-order valence-corrected chi connectivity index (χ1v) is 7.32. The fourth-order valence-electron chi connectivity index (χ4n) is 1.72. The maximum Gasteiger partial charge on any atom is 0.294 e. The molecule has 0 atom stereocenters. The Labute approximate surface area is 131 Å². The van der Waals surface area contributed by atoms with Gasteiger partial charge in [-0.1, -0.05) is 23.0 Å². The van der Waals surface area contributed by atoms with E-state index in [1.807, 2.05) is 18.2 Å². The molecule has 0 saturated heterocycles. The lowest BCUT2D eigenvalue weighted by Gasteiger charge is -2.04. The SMILES string of the molecule is Cc1cc(C(=O)Nc2ccnc(Sc3ccccn3)c2)on1. The van der Waals surface area contributed by atoms with Gasteiger partial charge in [-0.2, -0.15) is 0 Å². The molecule has 3 aromatic rings. The molecular weight excluding hydrogens is 300 g/mol. The average molecular weight is 312 g/mol. The summed E-state index contributed by atoms with van der Waals surface area (Å²) in [6.45, 7) is 1.76. The van der Waals surface area contributed by atoms with Gasteiger partial charge in [0.15, 0.2) is 0 Å². The number of anilines is 1. The van der Waals surface area contributed by atoms with Crippen LogP contribution >= 0.6 is 11.8 Å². The Morgan fingerprint density at radius 2 is 2.00 bits per heavy atom. The third kappa shape index (κ3) is 3.50. The van der Waals surface area contributed by atoms with Crippen molar-refractivity contribution in [1.82, 2.24) is 15.1 Å². The molecular formula is C15H12N4O2S. The maximum absolute atomic E-state index is 12.0. The van der Waals surface area contributed by atoms with Crippen LogP contribution in [-0.4, -0.2) is 21.0 Å². The van der Waals surface area contributed by atoms with Crippen LogP contribution in [0.4, 0.5) is 5.69 Å². The van der Waals surface area contributed by atoms with Gasteiger partial charge in [0.25, 0.3) is 5.91 Å². The molecule has 3 heterocycles. The summed E-state index contributed by atoms with van der Waals surface area (Å²) in [5, 5.41) is 8.02. The lowest BCUT2D eigenvalue weighted by atomic mass is 10.3. The molecule has 0 spiro atoms. The maximum atomic E-state index is 12.0. The van der Waals surface area contributed by atoms with Crippen molar-refractivity contribution in [1.29, 1.82) is 0 Å². The van der Waals surface area contributed by atoms with E-state index < -0.39 is 0 Å². The summed E-state index contributed by atoms with van der Waals surface area (Å²) >= 11 is 1.42. The smallest absolute Gasteiger partial charge is 0.294 e. The third-order valence-electron chi connectivity index (χ3n) is 2.69. The largest absolute Gasteiger partial charge is 0.351 e. The monoisotopic (exact) mass is 312 g/mol. The molecule has 0 aliphatic carbocycles. The molecule has 0 unspecified atom stereocenters. The van der Waals surface area contributed by atoms with Gasteiger partial charge in [-0.25, -0.2) is 9.97 Å². The molecule has 0 aliphatic rings. The molecule has 3 aromatic heterocycles. The normalized spacial score (nSPS) is 10.4. The molecule has 1 N–H and O–H groups in total. The second kappa shape index (κ2) is 6.40. The van der Waals surface area contributed by atoms with Crippen molar-refractivity contribution < 1.29 is 9.32 Å². The second-order valence-electron chi connectivity index (χ2n) is 4.44. The molecule has 0 saturated carbocycles. The first kappa shape index (κ1) is 14.3. The standard InChI is InChI=1S/C15H12N4O2S/c1-10-8-12(21-19-10)15(20)18-11-5-7-17-14(9-11)22-13-4-2-3-6-16-13/h2-9H,1H3,(H,17,18,20). The molecule has 0 bridgehead atoms. The van der Waals surface area contributed by atoms with E-state index in [0.29, 0.717) is 11.4 Å². The van der Waals surface area contributed by atoms with Crippen LogP contribution in [-0.2, 0) is 0 Å². The van der Waals surface area contributed by atoms with Crippen molar-refractivity contribution in [2.75, 3.05) is 5.32 Å². The molecule has 0 aliphatic heterocycles. The van der Waals surface area contributed by atoms with E-state index in [2.05, 4.69) is 20.4 Å². The van der Waals surface area contributed by atoms with Crippen LogP contribution in [0, 0.1) is 6.92 Å². The molecule has 0 fully saturated rings. The van der Waals surface area contributed by atoms with Crippen molar-refractivity contribution in [3.8, 4) is 0 Å². The van der Waals surface area contributed by atoms with E-state index in [1.54, 1.807) is 37.5 Å². The number of pyridine rings is 2. The van der Waals surface area contributed by atoms with Gasteiger partial charge in [0, 0.05) is 24.1 Å². The molecule has 1 amide bonds. The minimum absolute atomic E-state index is 0.174. The fourth-order valence-corrected chi connectivity index (χ4v) is 2.49. The van der Waals surface area contributed by atoms with Gasteiger partial charge in [-0.05, 0) is 31.2 Å². The second-order valence-corrected chi connectivity index (χ2v) is 5.48. The number of carbonyl (C=O) groups is 1. The van der Waals surface area contributed by atoms with Crippen molar-refractivity contribution in [3.05, 3.63) is 60.2 Å². The zero-order valence-corrected chi connectivity index (χ0v) is 12.5. The summed E-state index contributed by atoms with van der Waals surface area (Å²) in [7, 11) is 0. The fraction of sp³-hybridized carbons (Fsp3) is 0.0667. The molecule has 6 nitrogen and oxygen atoms in total. The minimum Gasteiger partial charge on any atom is -0.351 e. The zero-order chi connectivity index (χ0) is 15.4. The molecule has 0 radical (unpaired) electrons. The summed E-state index contributed by atoms with van der Waals surface area (Å²) in [4.78, 5) is 20.5. The number of nitrogens with one attached hydrogen (secondary N) is 1. The molecule has 110 valence electrons. The Kier molecular flexibility index (Phi) is 4.15. The number of hydrogen-bond acceptors (Lipinski definition) is 6. The van der Waals surface area contributed by atoms with E-state index >= 15 is 0 Å². The average Bonchev–Trinajstić information content (AvgIpc) is 2.95. The Balaban J connectivity index is 1.72. The minimum atomic E-state index is -0.347. The molecule has 7 heteroatoms. The van der Waals surface area contributed by atoms with Crippen LogP contribution in [0.5, 0.6) is 0 Å². The van der Waals surface area contributed by atoms with Gasteiger partial charge in [0.05, 0.1) is 5.69 Å². The van der Waals surface area contributed by atoms with Gasteiger partial charge in [0.1, 0.15) is 10.1 Å². The van der Waals surface area contributed by atoms with E-state index in [4.69, 9.17) is 4.52 Å². The Morgan fingerprint density at radius 1 is 1.14 bits per heavy atom. The van der Waals surface area contributed by atoms with Crippen LogP contribution in [0.15, 0.2) is 63.4 Å². The van der Waals surface area contributed by atoms with Crippen LogP contribution in [0.3, 0.4) is 0 Å². The highest BCUT2D eigenvalue weighted by Gasteiger charge is 2.12. The molecule has 3 rings (SSSR count). The van der Waals surface area contributed by atoms with E-state index in [-0.39, 0.29) is 11.7 Å². The summed E-state index contributed by atoms with van der Waals surface area (Å²) < 4.78 is 4.93. The first-order valence-electron chi connectivity index (χ1n) is 6.50. The predicted molar refractivity (Wildman–Crippen MR) is 81.8 cm³/mol. The lowest BCUT2D eigenvalue weighted by molar-refractivity contribution is 0.0988. The van der Waals surface area contributed by atoms with Crippen molar-refractivity contribution in [2.45, 2.75) is 17.0 Å². The van der Waals surface area contributed by atoms with E-state index in [0.717, 1.165) is 10.1 Å². The highest BCUT2D eigenvalue weighted by Crippen LogP contribution is 2.25. The van der Waals surface area contributed by atoms with Gasteiger partial charge in [-0.3, -0.25) is 4.79 Å². The number of amides is 1. The van der Waals surface area contributed by atoms with Gasteiger partial charge in [0.2, 0.25) is 5.76 Å². The topological polar surface area (TPSA) is 80.9 Å². The summed E-state index contributed by atoms with van der Waals surface area (Å²) in [5.74, 6) is -0.172. The number of hydrogen-bond donors (Lipinski definition) is 1. The quantitative estimate of drug-likeness (QED) is 0.797. The highest BCUT2D eigenvalue weighted by atomic mass is 32.2. The molecule has 0 aromatic carbocycles. The summed E-state index contributed by atoms with van der Waals surface area (Å²) in [5.41, 5.74) is 1.29. The van der Waals surface area contributed by atoms with Gasteiger partial charge >= 0.3 is 0 Å². The number of carbonyl (C=O) groups excluding carboxylic acids is 1. The van der Waals surface area contributed by atoms with Crippen LogP contribution < -0.4 is 5.32 Å². The summed E-state index contributed by atoms with van der Waals surface area (Å²) in [6, 6.07) is 10.7. The number of aromatic nitrogens is 3. The Morgan fingerprint density at radius 3 is 2.73 bits per heavy atom. The Bertz CT molecular complexity index is 789. The zero-order valence-electron chi connectivity index (χ0n) is 11.7. The van der Waals surface area contributed by atoms with Crippen molar-refractivity contribution in [2.24, 2.45) is 0 Å². The van der Waals surface area contributed by atoms with Crippen LogP contribution in [0.25, 0.3) is 0 Å². The molecule has 22 heavy (non-hydrogen) atoms. The van der Waals surface area contributed by atoms with E-state index in [1.165, 1.54) is 11.8 Å². The number of rotatable bonds is 4. The van der Waals surface area contributed by atoms with E-state index in [9.17, 15) is 4.79 Å². The number of nitrogens with zero attached hydrogens (tertiary/aromatic N) is 3.